The van der Waals surface area contributed by atoms with Gasteiger partial charge in [0, 0.05) is 12.3 Å². The van der Waals surface area contributed by atoms with Gasteiger partial charge in [-0.05, 0) is 19.3 Å². The predicted molar refractivity (Wildman–Crippen MR) is 50.3 cm³/mol. The summed E-state index contributed by atoms with van der Waals surface area (Å²) < 4.78 is 0. The van der Waals surface area contributed by atoms with Crippen LogP contribution in [0.5, 0.6) is 0 Å². The van der Waals surface area contributed by atoms with Gasteiger partial charge in [0.15, 0.2) is 5.95 Å². The Hall–Kier alpha value is -0.740. The van der Waals surface area contributed by atoms with Crippen molar-refractivity contribution in [3.8, 4) is 0 Å². The lowest BCUT2D eigenvalue weighted by atomic mass is 10.2. The molecule has 1 rings (SSSR count). The number of hydrogen-bond acceptors (Lipinski definition) is 3. The Balaban J connectivity index is 0.00000121. The number of anilines is 1. The van der Waals surface area contributed by atoms with E-state index < -0.39 is 0 Å². The largest absolute Gasteiger partial charge is 0.396 e. The van der Waals surface area contributed by atoms with Gasteiger partial charge in [0.05, 0.1) is 6.20 Å². The molecule has 0 atom stereocenters. The molecule has 4 nitrogen and oxygen atoms in total. The smallest absolute Gasteiger partial charge is 0.197 e. The lowest BCUT2D eigenvalue weighted by molar-refractivity contribution is 0.284. The summed E-state index contributed by atoms with van der Waals surface area (Å²) in [6.07, 6.45) is 4.44. The lowest BCUT2D eigenvalue weighted by Gasteiger charge is -1.93. The van der Waals surface area contributed by atoms with Crippen LogP contribution in [0.4, 0.5) is 5.95 Å². The average Bonchev–Trinajstić information content (AvgIpc) is 2.37. The molecule has 0 aliphatic carbocycles. The number of imidazole rings is 1. The highest BCUT2D eigenvalue weighted by Crippen LogP contribution is 2.02. The molecule has 0 aliphatic heterocycles. The first-order chi connectivity index (χ1) is 5.33. The number of rotatable bonds is 4. The Kier molecular flexibility index (Phi) is 5.49. The van der Waals surface area contributed by atoms with Crippen LogP contribution in [0.2, 0.25) is 0 Å². The van der Waals surface area contributed by atoms with Crippen LogP contribution in [0.25, 0.3) is 0 Å². The van der Waals surface area contributed by atoms with Gasteiger partial charge in [-0.1, -0.05) is 0 Å². The zero-order valence-electron chi connectivity index (χ0n) is 6.79. The number of aliphatic hydroxyl groups is 1. The number of unbranched alkanes of at least 4 members (excludes halogenated alkanes) is 1. The lowest BCUT2D eigenvalue weighted by Crippen LogP contribution is -1.90. The first kappa shape index (κ1) is 11.3. The molecule has 4 N–H and O–H groups in total. The fraction of sp³-hybridized carbons (Fsp3) is 0.571. The van der Waals surface area contributed by atoms with Crippen molar-refractivity contribution in [1.82, 2.24) is 9.97 Å². The molecule has 0 saturated heterocycles. The monoisotopic (exact) mass is 191 g/mol. The normalized spacial score (nSPS) is 9.42. The summed E-state index contributed by atoms with van der Waals surface area (Å²) >= 11 is 0. The first-order valence-corrected chi connectivity index (χ1v) is 3.73. The Morgan fingerprint density at radius 1 is 1.50 bits per heavy atom. The number of hydrogen-bond donors (Lipinski definition) is 3. The second-order valence-electron chi connectivity index (χ2n) is 2.47. The standard InChI is InChI=1S/C7H13N3O.ClH/c8-7-9-5-6(10-7)3-1-2-4-11;/h5,11H,1-4H2,(H3,8,9,10);1H. The molecular formula is C7H14ClN3O. The molecule has 0 saturated carbocycles. The van der Waals surface area contributed by atoms with Gasteiger partial charge in [0.2, 0.25) is 0 Å². The summed E-state index contributed by atoms with van der Waals surface area (Å²) in [4.78, 5) is 6.78. The zero-order chi connectivity index (χ0) is 8.10. The molecule has 0 bridgehead atoms. The van der Waals surface area contributed by atoms with Crippen LogP contribution >= 0.6 is 12.4 Å². The number of nitrogens with two attached hydrogens (primary N) is 1. The number of aromatic nitrogens is 2. The number of nitrogen functional groups attached to an aromatic ring is 1. The third kappa shape index (κ3) is 3.59. The van der Waals surface area contributed by atoms with E-state index >= 15 is 0 Å². The molecule has 1 heterocycles. The Morgan fingerprint density at radius 2 is 2.25 bits per heavy atom. The van der Waals surface area contributed by atoms with E-state index in [2.05, 4.69) is 9.97 Å². The van der Waals surface area contributed by atoms with Gasteiger partial charge in [-0.15, -0.1) is 12.4 Å². The second kappa shape index (κ2) is 5.85. The van der Waals surface area contributed by atoms with Gasteiger partial charge in [-0.2, -0.15) is 0 Å². The Morgan fingerprint density at radius 3 is 2.75 bits per heavy atom. The fourth-order valence-corrected chi connectivity index (χ4v) is 0.931. The molecule has 0 unspecified atom stereocenters. The number of aromatic amines is 1. The van der Waals surface area contributed by atoms with Crippen molar-refractivity contribution >= 4 is 18.4 Å². The van der Waals surface area contributed by atoms with Crippen molar-refractivity contribution < 1.29 is 5.11 Å². The van der Waals surface area contributed by atoms with E-state index in [0.29, 0.717) is 5.95 Å². The molecular weight excluding hydrogens is 178 g/mol. The molecule has 5 heteroatoms. The van der Waals surface area contributed by atoms with Gasteiger partial charge in [0.25, 0.3) is 0 Å². The summed E-state index contributed by atoms with van der Waals surface area (Å²) in [7, 11) is 0. The van der Waals surface area contributed by atoms with Crippen LogP contribution in [0.15, 0.2) is 6.20 Å². The Labute approximate surface area is 77.6 Å². The number of aliphatic hydroxyl groups excluding tert-OH is 1. The van der Waals surface area contributed by atoms with Crippen molar-refractivity contribution in [3.05, 3.63) is 11.9 Å². The van der Waals surface area contributed by atoms with Crippen molar-refractivity contribution in [3.63, 3.8) is 0 Å². The van der Waals surface area contributed by atoms with Crippen molar-refractivity contribution in [2.24, 2.45) is 0 Å². The molecule has 0 fully saturated rings. The highest BCUT2D eigenvalue weighted by Gasteiger charge is 1.95. The summed E-state index contributed by atoms with van der Waals surface area (Å²) in [6, 6.07) is 0. The van der Waals surface area contributed by atoms with Crippen LogP contribution in [0, 0.1) is 0 Å². The van der Waals surface area contributed by atoms with E-state index in [-0.39, 0.29) is 19.0 Å². The third-order valence-corrected chi connectivity index (χ3v) is 1.50. The minimum Gasteiger partial charge on any atom is -0.396 e. The van der Waals surface area contributed by atoms with Gasteiger partial charge in [0.1, 0.15) is 0 Å². The van der Waals surface area contributed by atoms with E-state index in [1.165, 1.54) is 0 Å². The van der Waals surface area contributed by atoms with E-state index in [9.17, 15) is 0 Å². The van der Waals surface area contributed by atoms with E-state index in [0.717, 1.165) is 25.0 Å². The van der Waals surface area contributed by atoms with Crippen LogP contribution in [-0.4, -0.2) is 21.7 Å². The number of nitrogens with one attached hydrogen (secondary N) is 1. The number of aryl methyl sites for hydroxylation is 1. The number of nitrogens with zero attached hydrogens (tertiary/aromatic N) is 1. The van der Waals surface area contributed by atoms with Crippen molar-refractivity contribution in [1.29, 1.82) is 0 Å². The fourth-order valence-electron chi connectivity index (χ4n) is 0.931. The van der Waals surface area contributed by atoms with E-state index in [4.69, 9.17) is 10.8 Å². The molecule has 0 radical (unpaired) electrons. The molecule has 0 spiro atoms. The molecule has 0 aliphatic rings. The van der Waals surface area contributed by atoms with Crippen LogP contribution in [0.1, 0.15) is 18.5 Å². The molecule has 70 valence electrons. The number of halogens is 1. The SMILES string of the molecule is Cl.Nc1ncc(CCCCO)[nH]1. The van der Waals surface area contributed by atoms with Gasteiger partial charge >= 0.3 is 0 Å². The second-order valence-corrected chi connectivity index (χ2v) is 2.47. The summed E-state index contributed by atoms with van der Waals surface area (Å²) in [6.45, 7) is 0.254. The Bertz CT molecular complexity index is 214. The quantitative estimate of drug-likeness (QED) is 0.615. The highest BCUT2D eigenvalue weighted by molar-refractivity contribution is 5.85. The van der Waals surface area contributed by atoms with E-state index in [1.807, 2.05) is 0 Å². The molecule has 0 amide bonds. The maximum Gasteiger partial charge on any atom is 0.197 e. The van der Waals surface area contributed by atoms with Gasteiger partial charge in [-0.3, -0.25) is 0 Å². The average molecular weight is 192 g/mol. The van der Waals surface area contributed by atoms with Crippen LogP contribution in [-0.2, 0) is 6.42 Å². The minimum atomic E-state index is 0. The molecule has 1 aromatic heterocycles. The van der Waals surface area contributed by atoms with Crippen molar-refractivity contribution in [2.45, 2.75) is 19.3 Å². The summed E-state index contributed by atoms with van der Waals surface area (Å²) in [5, 5.41) is 8.50. The zero-order valence-corrected chi connectivity index (χ0v) is 7.60. The maximum atomic E-state index is 8.50. The number of H-pyrrole nitrogens is 1. The predicted octanol–water partition coefficient (Wildman–Crippen LogP) is 0.729. The maximum absolute atomic E-state index is 8.50. The van der Waals surface area contributed by atoms with Crippen molar-refractivity contribution in [2.75, 3.05) is 12.3 Å². The minimum absolute atomic E-state index is 0. The van der Waals surface area contributed by atoms with Crippen LogP contribution in [0.3, 0.4) is 0 Å². The highest BCUT2D eigenvalue weighted by atomic mass is 35.5. The van der Waals surface area contributed by atoms with E-state index in [1.54, 1.807) is 6.20 Å². The third-order valence-electron chi connectivity index (χ3n) is 1.50. The van der Waals surface area contributed by atoms with Gasteiger partial charge < -0.3 is 15.8 Å². The summed E-state index contributed by atoms with van der Waals surface area (Å²) in [5.41, 5.74) is 6.40. The summed E-state index contributed by atoms with van der Waals surface area (Å²) in [5.74, 6) is 0.462. The molecule has 1 aromatic rings. The first-order valence-electron chi connectivity index (χ1n) is 3.73. The van der Waals surface area contributed by atoms with Crippen LogP contribution < -0.4 is 5.73 Å². The molecule has 0 aromatic carbocycles. The topological polar surface area (TPSA) is 74.9 Å². The van der Waals surface area contributed by atoms with Gasteiger partial charge in [-0.25, -0.2) is 4.98 Å². The molecule has 12 heavy (non-hydrogen) atoms.